The first-order chi connectivity index (χ1) is 22.6. The van der Waals surface area contributed by atoms with Gasteiger partial charge in [0.15, 0.2) is 0 Å². The average Bonchev–Trinajstić information content (AvgIpc) is 3.88. The second kappa shape index (κ2) is 12.4. The number of benzene rings is 2. The Morgan fingerprint density at radius 2 is 1.00 bits per heavy atom. The molecule has 0 atom stereocenters. The van der Waals surface area contributed by atoms with Gasteiger partial charge in [-0.05, 0) is 10.8 Å². The number of rotatable bonds is 4. The van der Waals surface area contributed by atoms with Crippen LogP contribution in [0.15, 0.2) is 104 Å². The molecule has 0 spiro atoms. The number of hydrogen-bond acceptors (Lipinski definition) is 8. The first-order valence-corrected chi connectivity index (χ1v) is 14.1. The molecular weight excluding hydrogens is 975 g/mol. The second-order valence-corrected chi connectivity index (χ2v) is 10.6. The first-order valence-electron chi connectivity index (χ1n) is 14.1. The summed E-state index contributed by atoms with van der Waals surface area (Å²) in [6.45, 7) is 0. The molecule has 0 N–H and O–H groups in total. The van der Waals surface area contributed by atoms with Crippen LogP contribution in [0.5, 0.6) is 0 Å². The third kappa shape index (κ3) is 5.08. The van der Waals surface area contributed by atoms with Crippen LogP contribution in [-0.2, 0) is 56.2 Å². The van der Waals surface area contributed by atoms with Crippen LogP contribution < -0.4 is 0 Å². The third-order valence-corrected chi connectivity index (χ3v) is 7.79. The summed E-state index contributed by atoms with van der Waals surface area (Å²) >= 11 is 0. The van der Waals surface area contributed by atoms with Crippen molar-refractivity contribution >= 4 is 43.5 Å². The minimum Gasteiger partial charge on any atom is -0.506 e. The summed E-state index contributed by atoms with van der Waals surface area (Å²) in [4.78, 5) is 16.6. The molecular formula is C34H20N8O4Pt2. The number of imidazole rings is 4. The van der Waals surface area contributed by atoms with Crippen molar-refractivity contribution in [1.29, 1.82) is 0 Å². The summed E-state index contributed by atoms with van der Waals surface area (Å²) < 4.78 is 30.1. The fraction of sp³-hybridized carbons (Fsp3) is 0.0588. The van der Waals surface area contributed by atoms with E-state index in [9.17, 15) is 0 Å². The van der Waals surface area contributed by atoms with Crippen LogP contribution in [0.3, 0.4) is 0 Å². The summed E-state index contributed by atoms with van der Waals surface area (Å²) in [5.74, 6) is 2.90. The molecule has 0 amide bonds. The van der Waals surface area contributed by atoms with Crippen LogP contribution in [0, 0.1) is 24.8 Å². The van der Waals surface area contributed by atoms with E-state index in [2.05, 4.69) is 44.7 Å². The van der Waals surface area contributed by atoms with Crippen molar-refractivity contribution in [2.45, 2.75) is 0 Å². The van der Waals surface area contributed by atoms with Crippen LogP contribution in [0.2, 0.25) is 0 Å². The van der Waals surface area contributed by atoms with Crippen LogP contribution >= 0.6 is 0 Å². The molecule has 48 heavy (non-hydrogen) atoms. The van der Waals surface area contributed by atoms with E-state index < -0.39 is 0 Å². The number of aryl methyl sites for hydroxylation is 2. The second-order valence-electron chi connectivity index (χ2n) is 10.6. The van der Waals surface area contributed by atoms with Gasteiger partial charge in [0.2, 0.25) is 0 Å². The Morgan fingerprint density at radius 3 is 1.38 bits per heavy atom. The van der Waals surface area contributed by atoms with Gasteiger partial charge in [-0.3, -0.25) is 0 Å². The molecule has 0 radical (unpaired) electrons. The van der Waals surface area contributed by atoms with Crippen LogP contribution in [0.25, 0.3) is 78.0 Å². The minimum absolute atomic E-state index is 0. The van der Waals surface area contributed by atoms with Crippen LogP contribution in [0.4, 0.5) is 0 Å². The van der Waals surface area contributed by atoms with Gasteiger partial charge in [-0.25, -0.2) is 9.97 Å². The Balaban J connectivity index is 0.000000146. The van der Waals surface area contributed by atoms with Gasteiger partial charge in [0.25, 0.3) is 0 Å². The van der Waals surface area contributed by atoms with Gasteiger partial charge in [-0.15, -0.1) is 12.1 Å². The van der Waals surface area contributed by atoms with Gasteiger partial charge in [0, 0.05) is 62.9 Å². The number of fused-ring (bicyclic) bond motifs is 4. The Kier molecular flexibility index (Phi) is 8.15. The van der Waals surface area contributed by atoms with Gasteiger partial charge >= 0.3 is 42.1 Å². The van der Waals surface area contributed by atoms with Crippen molar-refractivity contribution in [2.24, 2.45) is 14.1 Å². The summed E-state index contributed by atoms with van der Waals surface area (Å²) in [5, 5.41) is 5.29. The third-order valence-electron chi connectivity index (χ3n) is 7.79. The van der Waals surface area contributed by atoms with E-state index in [1.54, 1.807) is 59.0 Å². The molecule has 240 valence electrons. The minimum atomic E-state index is 0. The monoisotopic (exact) mass is 994 g/mol. The molecule has 12 nitrogen and oxygen atoms in total. The molecule has 0 saturated heterocycles. The fourth-order valence-electron chi connectivity index (χ4n) is 5.51. The van der Waals surface area contributed by atoms with Crippen molar-refractivity contribution in [2.75, 3.05) is 0 Å². The molecule has 10 rings (SSSR count). The molecule has 8 heterocycles. The molecule has 8 aromatic heterocycles. The zero-order chi connectivity index (χ0) is 30.8. The van der Waals surface area contributed by atoms with E-state index in [1.807, 2.05) is 60.1 Å². The summed E-state index contributed by atoms with van der Waals surface area (Å²) in [5.41, 5.74) is 3.15. The largest absolute Gasteiger partial charge is 2.00 e. The van der Waals surface area contributed by atoms with Crippen LogP contribution in [-0.4, -0.2) is 38.2 Å². The van der Waals surface area contributed by atoms with E-state index >= 15 is 0 Å². The van der Waals surface area contributed by atoms with Crippen molar-refractivity contribution in [1.82, 2.24) is 38.2 Å². The molecule has 0 bridgehead atoms. The fourth-order valence-corrected chi connectivity index (χ4v) is 5.51. The van der Waals surface area contributed by atoms with Crippen molar-refractivity contribution in [3.05, 3.63) is 112 Å². The average molecular weight is 995 g/mol. The van der Waals surface area contributed by atoms with Gasteiger partial charge < -0.3 is 45.9 Å². The Labute approximate surface area is 300 Å². The molecule has 2 aromatic carbocycles. The summed E-state index contributed by atoms with van der Waals surface area (Å²) in [7, 11) is 3.86. The quantitative estimate of drug-likeness (QED) is 0.178. The molecule has 14 heteroatoms. The summed E-state index contributed by atoms with van der Waals surface area (Å²) in [6.07, 6.45) is 26.7. The van der Waals surface area contributed by atoms with E-state index in [0.29, 0.717) is 11.5 Å². The predicted molar refractivity (Wildman–Crippen MR) is 166 cm³/mol. The maximum absolute atomic E-state index is 5.73. The van der Waals surface area contributed by atoms with Gasteiger partial charge in [-0.1, -0.05) is 58.5 Å². The Bertz CT molecular complexity index is 2450. The Morgan fingerprint density at radius 1 is 0.542 bits per heavy atom. The molecule has 0 aliphatic rings. The van der Waals surface area contributed by atoms with Crippen molar-refractivity contribution in [3.8, 4) is 34.5 Å². The first kappa shape index (κ1) is 31.4. The maximum atomic E-state index is 5.73. The molecule has 0 unspecified atom stereocenters. The van der Waals surface area contributed by atoms with Crippen molar-refractivity contribution in [3.63, 3.8) is 0 Å². The number of furan rings is 4. The standard InChI is InChI=1S/2C17H10N4O2.2Pt/c2*1-20-4-3-19-17(20)16-12-7-13-14(21-5-2-18-10-21)9-22-15(13)6-11(12)8-23-16;;/h2*2-6,8-9H,1H3;;/q2*-2;2*+2. The smallest absolute Gasteiger partial charge is 0.506 e. The SMILES string of the molecule is Cn1ccnc1-c1occ2cc3occ(-n4[c-]ncc4)c3[c-]c12.Cn1ccnc1-c1occ2cc3occ(-n4[c-]ncc4)c3[c-]c12.[Pt+2].[Pt+2]. The van der Waals surface area contributed by atoms with E-state index in [4.69, 9.17) is 17.7 Å². The number of aromatic nitrogens is 8. The van der Waals surface area contributed by atoms with E-state index in [0.717, 1.165) is 66.5 Å². The topological polar surface area (TPSA) is 124 Å². The predicted octanol–water partition coefficient (Wildman–Crippen LogP) is 6.73. The van der Waals surface area contributed by atoms with E-state index in [1.165, 1.54) is 0 Å². The molecule has 0 aliphatic heterocycles. The molecule has 0 saturated carbocycles. The van der Waals surface area contributed by atoms with E-state index in [-0.39, 0.29) is 42.1 Å². The normalized spacial score (nSPS) is 11.2. The summed E-state index contributed by atoms with van der Waals surface area (Å²) in [6, 6.07) is 10.7. The zero-order valence-electron chi connectivity index (χ0n) is 24.9. The number of hydrogen-bond donors (Lipinski definition) is 0. The molecule has 10 aromatic rings. The van der Waals surface area contributed by atoms with Gasteiger partial charge in [-0.2, -0.15) is 0 Å². The molecule has 0 aliphatic carbocycles. The van der Waals surface area contributed by atoms with Crippen molar-refractivity contribution < 1.29 is 59.8 Å². The maximum Gasteiger partial charge on any atom is 2.00 e. The van der Waals surface area contributed by atoms with Gasteiger partial charge in [0.1, 0.15) is 23.2 Å². The van der Waals surface area contributed by atoms with Crippen LogP contribution in [0.1, 0.15) is 0 Å². The number of nitrogens with zero attached hydrogens (tertiary/aromatic N) is 8. The Hall–Kier alpha value is -5.18. The van der Waals surface area contributed by atoms with Gasteiger partial charge in [0.05, 0.1) is 36.2 Å². The zero-order valence-corrected chi connectivity index (χ0v) is 29.5. The molecule has 0 fully saturated rings.